The molecule has 5 rings (SSSR count). The number of aromatic nitrogens is 3. The van der Waals surface area contributed by atoms with Crippen molar-refractivity contribution in [3.63, 3.8) is 0 Å². The van der Waals surface area contributed by atoms with Gasteiger partial charge in [-0.05, 0) is 57.9 Å². The van der Waals surface area contributed by atoms with Crippen LogP contribution in [0, 0.1) is 18.7 Å². The van der Waals surface area contributed by atoms with Crippen molar-refractivity contribution in [2.75, 3.05) is 11.9 Å². The third-order valence-electron chi connectivity index (χ3n) is 7.50. The van der Waals surface area contributed by atoms with Gasteiger partial charge in [0.25, 0.3) is 11.5 Å². The lowest BCUT2D eigenvalue weighted by atomic mass is 9.93. The first-order valence-electron chi connectivity index (χ1n) is 11.6. The molecule has 2 heterocycles. The topological polar surface area (TPSA) is 80.0 Å². The van der Waals surface area contributed by atoms with E-state index in [4.69, 9.17) is 5.11 Å². The number of fused-ring (bicyclic) bond motifs is 3. The van der Waals surface area contributed by atoms with Crippen molar-refractivity contribution < 1.29 is 18.3 Å². The summed E-state index contributed by atoms with van der Waals surface area (Å²) in [4.78, 5) is 21.9. The van der Waals surface area contributed by atoms with Crippen LogP contribution in [0.15, 0.2) is 35.3 Å². The molecule has 9 heteroatoms. The first kappa shape index (κ1) is 22.8. The van der Waals surface area contributed by atoms with E-state index >= 15 is 4.39 Å². The molecule has 2 fully saturated rings. The Hall–Kier alpha value is -2.94. The summed E-state index contributed by atoms with van der Waals surface area (Å²) in [5.41, 5.74) is -0.628. The van der Waals surface area contributed by atoms with Crippen molar-refractivity contribution in [3.8, 4) is 0 Å². The Balaban J connectivity index is 1.56. The van der Waals surface area contributed by atoms with E-state index in [1.165, 1.54) is 18.2 Å². The number of benzene rings is 1. The Labute approximate surface area is 194 Å². The predicted molar refractivity (Wildman–Crippen MR) is 123 cm³/mol. The van der Waals surface area contributed by atoms with E-state index in [-0.39, 0.29) is 16.7 Å². The third-order valence-corrected chi connectivity index (χ3v) is 7.50. The number of anilines is 1. The lowest BCUT2D eigenvalue weighted by Gasteiger charge is -2.30. The van der Waals surface area contributed by atoms with Gasteiger partial charge in [0.05, 0.1) is 22.5 Å². The van der Waals surface area contributed by atoms with Crippen LogP contribution in [0.5, 0.6) is 0 Å². The standard InChI is InChI=1S/C25H27F3N4O2/c1-14(17-4-3-5-19(22(17)26)25(27,28)13-33)29-23-18-12-32(24-8-6-16(11-24)7-9-24)21(34)10-20(18)30-15(2)31-23/h3-5,10,12,14,16,33H,6-9,11,13H2,1-2H3,(H,29,30,31)/t14-,16?,24?/m1/s1. The van der Waals surface area contributed by atoms with Gasteiger partial charge in [0.2, 0.25) is 0 Å². The van der Waals surface area contributed by atoms with Crippen LogP contribution < -0.4 is 10.9 Å². The van der Waals surface area contributed by atoms with Crippen molar-refractivity contribution in [1.82, 2.24) is 14.5 Å². The molecule has 3 aromatic rings. The summed E-state index contributed by atoms with van der Waals surface area (Å²) in [5.74, 6) is -3.27. The zero-order valence-corrected chi connectivity index (χ0v) is 19.1. The van der Waals surface area contributed by atoms with Crippen molar-refractivity contribution in [3.05, 3.63) is 63.6 Å². The van der Waals surface area contributed by atoms with E-state index in [9.17, 15) is 13.6 Å². The summed E-state index contributed by atoms with van der Waals surface area (Å²) in [6.07, 6.45) is 6.95. The van der Waals surface area contributed by atoms with Crippen LogP contribution in [0.4, 0.5) is 19.0 Å². The molecular weight excluding hydrogens is 445 g/mol. The number of halogens is 3. The SMILES string of the molecule is Cc1nc(N[C@H](C)c2cccc(C(F)(F)CO)c2F)c2cn(C34CCC(CC3)C4)c(=O)cc2n1. The number of aliphatic hydroxyl groups is 1. The van der Waals surface area contributed by atoms with Crippen molar-refractivity contribution >= 4 is 16.7 Å². The molecule has 0 amide bonds. The summed E-state index contributed by atoms with van der Waals surface area (Å²) < 4.78 is 44.9. The fourth-order valence-corrected chi connectivity index (χ4v) is 5.73. The lowest BCUT2D eigenvalue weighted by molar-refractivity contribution is -0.0583. The predicted octanol–water partition coefficient (Wildman–Crippen LogP) is 4.79. The molecule has 2 bridgehead atoms. The van der Waals surface area contributed by atoms with Gasteiger partial charge in [-0.1, -0.05) is 12.1 Å². The number of alkyl halides is 2. The van der Waals surface area contributed by atoms with Crippen LogP contribution in [0.1, 0.15) is 62.0 Å². The molecule has 180 valence electrons. The van der Waals surface area contributed by atoms with Crippen molar-refractivity contribution in [2.24, 2.45) is 5.92 Å². The number of rotatable bonds is 6. The molecule has 2 saturated carbocycles. The van der Waals surface area contributed by atoms with Crippen molar-refractivity contribution in [2.45, 2.75) is 63.5 Å². The summed E-state index contributed by atoms with van der Waals surface area (Å²) >= 11 is 0. The van der Waals surface area contributed by atoms with E-state index in [1.54, 1.807) is 20.0 Å². The Kier molecular flexibility index (Phi) is 5.42. The van der Waals surface area contributed by atoms with E-state index in [2.05, 4.69) is 15.3 Å². The van der Waals surface area contributed by atoms with Gasteiger partial charge in [0.15, 0.2) is 0 Å². The fourth-order valence-electron chi connectivity index (χ4n) is 5.73. The number of nitrogens with one attached hydrogen (secondary N) is 1. The minimum atomic E-state index is -3.69. The van der Waals surface area contributed by atoms with Gasteiger partial charge >= 0.3 is 0 Å². The number of aliphatic hydroxyl groups excluding tert-OH is 1. The number of hydrogen-bond donors (Lipinski definition) is 2. The molecule has 0 unspecified atom stereocenters. The normalized spacial score (nSPS) is 22.9. The monoisotopic (exact) mass is 472 g/mol. The van der Waals surface area contributed by atoms with Crippen molar-refractivity contribution in [1.29, 1.82) is 0 Å². The van der Waals surface area contributed by atoms with Gasteiger partial charge in [-0.3, -0.25) is 4.79 Å². The first-order valence-corrected chi connectivity index (χ1v) is 11.6. The molecule has 2 aliphatic carbocycles. The third kappa shape index (κ3) is 3.66. The molecule has 0 spiro atoms. The number of hydrogen-bond acceptors (Lipinski definition) is 5. The maximum atomic E-state index is 15.0. The smallest absolute Gasteiger partial charge is 0.298 e. The summed E-state index contributed by atoms with van der Waals surface area (Å²) in [6.45, 7) is 1.86. The van der Waals surface area contributed by atoms with Gasteiger partial charge in [-0.15, -0.1) is 0 Å². The average Bonchev–Trinajstić information content (AvgIpc) is 3.40. The number of nitrogens with zero attached hydrogens (tertiary/aromatic N) is 3. The molecule has 0 saturated heterocycles. The van der Waals surface area contributed by atoms with E-state index < -0.39 is 30.0 Å². The van der Waals surface area contributed by atoms with Crippen LogP contribution in [0.3, 0.4) is 0 Å². The quantitative estimate of drug-likeness (QED) is 0.540. The van der Waals surface area contributed by atoms with Crippen LogP contribution in [0.25, 0.3) is 10.9 Å². The van der Waals surface area contributed by atoms with Gasteiger partial charge in [0, 0.05) is 23.4 Å². The molecule has 1 atom stereocenters. The minimum absolute atomic E-state index is 0.0244. The highest BCUT2D eigenvalue weighted by Gasteiger charge is 2.46. The highest BCUT2D eigenvalue weighted by molar-refractivity contribution is 5.88. The molecule has 2 N–H and O–H groups in total. The molecule has 2 aliphatic rings. The molecule has 34 heavy (non-hydrogen) atoms. The lowest BCUT2D eigenvalue weighted by Crippen LogP contribution is -2.37. The van der Waals surface area contributed by atoms with Gasteiger partial charge in [-0.2, -0.15) is 8.78 Å². The maximum Gasteiger partial charge on any atom is 0.298 e. The maximum absolute atomic E-state index is 15.0. The molecule has 0 aliphatic heterocycles. The summed E-state index contributed by atoms with van der Waals surface area (Å²) in [6, 6.07) is 4.54. The van der Waals surface area contributed by atoms with Gasteiger partial charge in [-0.25, -0.2) is 14.4 Å². The Morgan fingerprint density at radius 3 is 2.68 bits per heavy atom. The van der Waals surface area contributed by atoms with Crippen LogP contribution in [-0.4, -0.2) is 26.2 Å². The summed E-state index contributed by atoms with van der Waals surface area (Å²) in [7, 11) is 0. The Morgan fingerprint density at radius 2 is 2.03 bits per heavy atom. The van der Waals surface area contributed by atoms with Gasteiger partial charge < -0.3 is 15.0 Å². The van der Waals surface area contributed by atoms with E-state index in [0.29, 0.717) is 28.5 Å². The second-order valence-corrected chi connectivity index (χ2v) is 9.71. The highest BCUT2D eigenvalue weighted by atomic mass is 19.3. The Bertz CT molecular complexity index is 1320. The number of aryl methyl sites for hydroxylation is 1. The fraction of sp³-hybridized carbons (Fsp3) is 0.480. The second-order valence-electron chi connectivity index (χ2n) is 9.71. The first-order chi connectivity index (χ1) is 16.1. The largest absolute Gasteiger partial charge is 0.390 e. The molecular formula is C25H27F3N4O2. The minimum Gasteiger partial charge on any atom is -0.390 e. The second kappa shape index (κ2) is 8.08. The number of pyridine rings is 1. The highest BCUT2D eigenvalue weighted by Crippen LogP contribution is 2.52. The van der Waals surface area contributed by atoms with E-state index in [0.717, 1.165) is 38.2 Å². The van der Waals surface area contributed by atoms with Crippen LogP contribution in [-0.2, 0) is 11.5 Å². The van der Waals surface area contributed by atoms with Crippen LogP contribution in [0.2, 0.25) is 0 Å². The molecule has 0 radical (unpaired) electrons. The summed E-state index contributed by atoms with van der Waals surface area (Å²) in [5, 5.41) is 12.8. The van der Waals surface area contributed by atoms with E-state index in [1.807, 2.05) is 4.57 Å². The zero-order valence-electron chi connectivity index (χ0n) is 19.1. The van der Waals surface area contributed by atoms with Gasteiger partial charge in [0.1, 0.15) is 24.1 Å². The Morgan fingerprint density at radius 1 is 1.29 bits per heavy atom. The molecule has 2 aromatic heterocycles. The van der Waals surface area contributed by atoms with Crippen LogP contribution >= 0.6 is 0 Å². The molecule has 6 nitrogen and oxygen atoms in total. The zero-order chi connectivity index (χ0) is 24.3. The average molecular weight is 473 g/mol. The molecule has 1 aromatic carbocycles.